The van der Waals surface area contributed by atoms with Crippen LogP contribution in [0.25, 0.3) is 11.0 Å². The van der Waals surface area contributed by atoms with E-state index in [4.69, 9.17) is 4.42 Å². The van der Waals surface area contributed by atoms with E-state index in [0.717, 1.165) is 5.56 Å². The molecule has 0 spiro atoms. The molecule has 0 bridgehead atoms. The predicted octanol–water partition coefficient (Wildman–Crippen LogP) is 2.23. The van der Waals surface area contributed by atoms with Crippen molar-refractivity contribution in [3.05, 3.63) is 82.2 Å². The van der Waals surface area contributed by atoms with Crippen LogP contribution in [0, 0.1) is 0 Å². The van der Waals surface area contributed by atoms with Crippen molar-refractivity contribution in [3.63, 3.8) is 0 Å². The van der Waals surface area contributed by atoms with Gasteiger partial charge < -0.3 is 15.1 Å². The molecule has 0 radical (unpaired) electrons. The zero-order valence-corrected chi connectivity index (χ0v) is 14.0. The molecule has 2 amide bonds. The smallest absolute Gasteiger partial charge is 0.349 e. The van der Waals surface area contributed by atoms with Gasteiger partial charge in [0, 0.05) is 24.9 Å². The number of para-hydroxylation sites is 1. The molecule has 26 heavy (non-hydrogen) atoms. The Hall–Kier alpha value is -3.41. The third-order valence-electron chi connectivity index (χ3n) is 3.86. The molecule has 3 rings (SSSR count). The molecule has 0 aliphatic carbocycles. The van der Waals surface area contributed by atoms with Gasteiger partial charge in [-0.15, -0.1) is 0 Å². The van der Waals surface area contributed by atoms with E-state index in [9.17, 15) is 14.4 Å². The number of carbonyl (C=O) groups is 2. The Morgan fingerprint density at radius 1 is 0.923 bits per heavy atom. The lowest BCUT2D eigenvalue weighted by atomic mass is 10.2. The van der Waals surface area contributed by atoms with Crippen LogP contribution < -0.4 is 16.3 Å². The molecular weight excluding hydrogens is 332 g/mol. The minimum absolute atomic E-state index is 0.0756. The standard InChI is InChI=1S/C20H18N2O4/c23-18(22-13-14-6-2-1-3-7-14)10-11-21-19(24)16-12-15-8-4-5-9-17(15)26-20(16)25/h1-9,12H,10-11,13H2,(H,21,24)(H,22,23). The van der Waals surface area contributed by atoms with E-state index in [1.165, 1.54) is 6.07 Å². The summed E-state index contributed by atoms with van der Waals surface area (Å²) in [5.74, 6) is -0.736. The maximum absolute atomic E-state index is 12.2. The highest BCUT2D eigenvalue weighted by Crippen LogP contribution is 2.12. The van der Waals surface area contributed by atoms with Gasteiger partial charge in [-0.3, -0.25) is 9.59 Å². The molecule has 2 N–H and O–H groups in total. The number of carbonyl (C=O) groups excluding carboxylic acids is 2. The first kappa shape index (κ1) is 17.4. The highest BCUT2D eigenvalue weighted by Gasteiger charge is 2.13. The van der Waals surface area contributed by atoms with E-state index in [1.54, 1.807) is 24.3 Å². The molecule has 132 valence electrons. The summed E-state index contributed by atoms with van der Waals surface area (Å²) in [5, 5.41) is 6.02. The molecule has 1 heterocycles. The average molecular weight is 350 g/mol. The average Bonchev–Trinajstić information content (AvgIpc) is 2.66. The quantitative estimate of drug-likeness (QED) is 0.667. The fourth-order valence-corrected chi connectivity index (χ4v) is 2.49. The van der Waals surface area contributed by atoms with Crippen LogP contribution in [0.3, 0.4) is 0 Å². The van der Waals surface area contributed by atoms with Crippen LogP contribution in [0.1, 0.15) is 22.3 Å². The zero-order valence-electron chi connectivity index (χ0n) is 14.0. The molecule has 0 aliphatic heterocycles. The molecule has 6 heteroatoms. The Bertz CT molecular complexity index is 980. The molecular formula is C20H18N2O4. The van der Waals surface area contributed by atoms with Crippen molar-refractivity contribution in [1.82, 2.24) is 10.6 Å². The van der Waals surface area contributed by atoms with Crippen molar-refractivity contribution in [2.45, 2.75) is 13.0 Å². The molecule has 0 atom stereocenters. The van der Waals surface area contributed by atoms with Gasteiger partial charge in [0.25, 0.3) is 5.91 Å². The van der Waals surface area contributed by atoms with Crippen molar-refractivity contribution >= 4 is 22.8 Å². The Labute approximate surface area is 149 Å². The second-order valence-corrected chi connectivity index (χ2v) is 5.75. The first-order chi connectivity index (χ1) is 12.6. The van der Waals surface area contributed by atoms with Gasteiger partial charge in [-0.1, -0.05) is 48.5 Å². The number of rotatable bonds is 6. The summed E-state index contributed by atoms with van der Waals surface area (Å²) in [6, 6.07) is 18.0. The summed E-state index contributed by atoms with van der Waals surface area (Å²) in [7, 11) is 0. The predicted molar refractivity (Wildman–Crippen MR) is 97.7 cm³/mol. The lowest BCUT2D eigenvalue weighted by molar-refractivity contribution is -0.121. The van der Waals surface area contributed by atoms with Crippen molar-refractivity contribution in [2.24, 2.45) is 0 Å². The molecule has 0 saturated carbocycles. The maximum atomic E-state index is 12.2. The first-order valence-electron chi connectivity index (χ1n) is 8.25. The van der Waals surface area contributed by atoms with Crippen LogP contribution in [-0.2, 0) is 11.3 Å². The van der Waals surface area contributed by atoms with Gasteiger partial charge in [-0.25, -0.2) is 4.79 Å². The fourth-order valence-electron chi connectivity index (χ4n) is 2.49. The molecule has 1 aromatic heterocycles. The van der Waals surface area contributed by atoms with Gasteiger partial charge in [0.15, 0.2) is 0 Å². The van der Waals surface area contributed by atoms with E-state index in [-0.39, 0.29) is 24.4 Å². The van der Waals surface area contributed by atoms with E-state index >= 15 is 0 Å². The number of hydrogen-bond acceptors (Lipinski definition) is 4. The van der Waals surface area contributed by atoms with Gasteiger partial charge >= 0.3 is 5.63 Å². The third-order valence-corrected chi connectivity index (χ3v) is 3.86. The zero-order chi connectivity index (χ0) is 18.4. The van der Waals surface area contributed by atoms with E-state index in [0.29, 0.717) is 17.5 Å². The molecule has 0 unspecified atom stereocenters. The van der Waals surface area contributed by atoms with Gasteiger partial charge in [0.1, 0.15) is 11.1 Å². The summed E-state index contributed by atoms with van der Waals surface area (Å²) in [6.45, 7) is 0.563. The molecule has 0 aliphatic rings. The second kappa shape index (κ2) is 8.11. The summed E-state index contributed by atoms with van der Waals surface area (Å²) >= 11 is 0. The maximum Gasteiger partial charge on any atom is 0.349 e. The number of hydrogen-bond donors (Lipinski definition) is 2. The minimum Gasteiger partial charge on any atom is -0.422 e. The van der Waals surface area contributed by atoms with Crippen molar-refractivity contribution in [3.8, 4) is 0 Å². The van der Waals surface area contributed by atoms with Crippen molar-refractivity contribution in [2.75, 3.05) is 6.54 Å². The summed E-state index contributed by atoms with van der Waals surface area (Å²) < 4.78 is 5.13. The van der Waals surface area contributed by atoms with Crippen LogP contribution in [0.4, 0.5) is 0 Å². The van der Waals surface area contributed by atoms with Crippen LogP contribution in [0.15, 0.2) is 69.9 Å². The Morgan fingerprint density at radius 2 is 1.65 bits per heavy atom. The summed E-state index contributed by atoms with van der Waals surface area (Å²) in [6.07, 6.45) is 0.123. The van der Waals surface area contributed by atoms with E-state index < -0.39 is 11.5 Å². The number of fused-ring (bicyclic) bond motifs is 1. The lowest BCUT2D eigenvalue weighted by Gasteiger charge is -2.07. The first-order valence-corrected chi connectivity index (χ1v) is 8.25. The molecule has 6 nitrogen and oxygen atoms in total. The third kappa shape index (κ3) is 4.36. The number of nitrogens with one attached hydrogen (secondary N) is 2. The number of amides is 2. The van der Waals surface area contributed by atoms with Crippen molar-refractivity contribution in [1.29, 1.82) is 0 Å². The largest absolute Gasteiger partial charge is 0.422 e. The number of benzene rings is 2. The second-order valence-electron chi connectivity index (χ2n) is 5.75. The monoisotopic (exact) mass is 350 g/mol. The van der Waals surface area contributed by atoms with Crippen LogP contribution in [0.5, 0.6) is 0 Å². The van der Waals surface area contributed by atoms with Gasteiger partial charge in [-0.05, 0) is 17.7 Å². The van der Waals surface area contributed by atoms with Crippen LogP contribution in [0.2, 0.25) is 0 Å². The van der Waals surface area contributed by atoms with Gasteiger partial charge in [-0.2, -0.15) is 0 Å². The van der Waals surface area contributed by atoms with Crippen LogP contribution >= 0.6 is 0 Å². The van der Waals surface area contributed by atoms with Gasteiger partial charge in [0.2, 0.25) is 5.91 Å². The highest BCUT2D eigenvalue weighted by molar-refractivity contribution is 5.96. The summed E-state index contributed by atoms with van der Waals surface area (Å²) in [4.78, 5) is 35.9. The normalized spacial score (nSPS) is 10.5. The van der Waals surface area contributed by atoms with Crippen LogP contribution in [-0.4, -0.2) is 18.4 Å². The van der Waals surface area contributed by atoms with E-state index in [1.807, 2.05) is 30.3 Å². The molecule has 2 aromatic carbocycles. The highest BCUT2D eigenvalue weighted by atomic mass is 16.4. The molecule has 0 fully saturated rings. The summed E-state index contributed by atoms with van der Waals surface area (Å²) in [5.41, 5.74) is 0.649. The Kier molecular flexibility index (Phi) is 5.43. The molecule has 0 saturated heterocycles. The fraction of sp³-hybridized carbons (Fsp3) is 0.150. The Morgan fingerprint density at radius 3 is 2.46 bits per heavy atom. The lowest BCUT2D eigenvalue weighted by Crippen LogP contribution is -2.32. The SMILES string of the molecule is O=C(CCNC(=O)c1cc2ccccc2oc1=O)NCc1ccccc1. The topological polar surface area (TPSA) is 88.4 Å². The Balaban J connectivity index is 1.52. The van der Waals surface area contributed by atoms with E-state index in [2.05, 4.69) is 10.6 Å². The van der Waals surface area contributed by atoms with Crippen molar-refractivity contribution < 1.29 is 14.0 Å². The molecule has 3 aromatic rings. The minimum atomic E-state index is -0.699. The van der Waals surface area contributed by atoms with Gasteiger partial charge in [0.05, 0.1) is 0 Å².